The molecule has 1 aliphatic rings. The van der Waals surface area contributed by atoms with E-state index in [0.717, 1.165) is 18.5 Å². The fraction of sp³-hybridized carbons (Fsp3) is 0.389. The first-order valence-corrected chi connectivity index (χ1v) is 8.27. The Bertz CT molecular complexity index is 841. The number of methoxy groups -OCH3 is 2. The van der Waals surface area contributed by atoms with Gasteiger partial charge in [-0.1, -0.05) is 0 Å². The van der Waals surface area contributed by atoms with E-state index in [2.05, 4.69) is 0 Å². The van der Waals surface area contributed by atoms with E-state index in [1.165, 1.54) is 26.4 Å². The molecule has 1 heterocycles. The molecule has 8 nitrogen and oxygen atoms in total. The number of nitro groups is 1. The van der Waals surface area contributed by atoms with Crippen molar-refractivity contribution in [2.75, 3.05) is 14.2 Å². The molecule has 1 aromatic heterocycles. The number of aromatic nitrogens is 1. The summed E-state index contributed by atoms with van der Waals surface area (Å²) in [5, 5.41) is 11.5. The van der Waals surface area contributed by atoms with Crippen molar-refractivity contribution in [3.05, 3.63) is 51.8 Å². The van der Waals surface area contributed by atoms with Crippen LogP contribution < -0.4 is 9.47 Å². The lowest BCUT2D eigenvalue weighted by Crippen LogP contribution is -2.33. The number of nitrogens with zero attached hydrogens (tertiary/aromatic N) is 3. The maximum Gasteiger partial charge on any atom is 0.286 e. The summed E-state index contributed by atoms with van der Waals surface area (Å²) in [6.45, 7) is 0.401. The van der Waals surface area contributed by atoms with Gasteiger partial charge in [0.15, 0.2) is 11.5 Å². The van der Waals surface area contributed by atoms with E-state index in [4.69, 9.17) is 9.47 Å². The van der Waals surface area contributed by atoms with E-state index >= 15 is 0 Å². The van der Waals surface area contributed by atoms with Crippen molar-refractivity contribution in [2.24, 2.45) is 7.05 Å². The Balaban J connectivity index is 2.01. The van der Waals surface area contributed by atoms with Gasteiger partial charge in [0.25, 0.3) is 11.6 Å². The van der Waals surface area contributed by atoms with Crippen LogP contribution in [0.15, 0.2) is 30.5 Å². The molecule has 1 aliphatic carbocycles. The minimum Gasteiger partial charge on any atom is -0.493 e. The molecule has 0 bridgehead atoms. The molecule has 26 heavy (non-hydrogen) atoms. The number of hydrogen-bond donors (Lipinski definition) is 0. The predicted octanol–water partition coefficient (Wildman–Crippen LogP) is 2.76. The first kappa shape index (κ1) is 17.8. The molecule has 1 amide bonds. The van der Waals surface area contributed by atoms with Crippen molar-refractivity contribution >= 4 is 11.6 Å². The molecule has 1 saturated carbocycles. The first-order chi connectivity index (χ1) is 12.5. The molecule has 138 valence electrons. The minimum atomic E-state index is -0.567. The van der Waals surface area contributed by atoms with Crippen LogP contribution in [0.3, 0.4) is 0 Å². The molecule has 2 aromatic rings. The molecule has 0 radical (unpaired) electrons. The van der Waals surface area contributed by atoms with Gasteiger partial charge in [-0.2, -0.15) is 0 Å². The quantitative estimate of drug-likeness (QED) is 0.560. The van der Waals surface area contributed by atoms with Gasteiger partial charge in [0.05, 0.1) is 31.8 Å². The van der Waals surface area contributed by atoms with E-state index in [0.29, 0.717) is 6.54 Å². The molecule has 8 heteroatoms. The average molecular weight is 359 g/mol. The van der Waals surface area contributed by atoms with Crippen LogP contribution >= 0.6 is 0 Å². The van der Waals surface area contributed by atoms with Crippen LogP contribution in [-0.4, -0.2) is 40.6 Å². The van der Waals surface area contributed by atoms with E-state index in [1.54, 1.807) is 4.90 Å². The molecule has 0 saturated heterocycles. The molecule has 0 unspecified atom stereocenters. The van der Waals surface area contributed by atoms with Gasteiger partial charge >= 0.3 is 0 Å². The molecule has 0 atom stereocenters. The number of aryl methyl sites for hydroxylation is 1. The van der Waals surface area contributed by atoms with Crippen LogP contribution in [0, 0.1) is 10.1 Å². The van der Waals surface area contributed by atoms with Crippen molar-refractivity contribution in [1.82, 2.24) is 9.47 Å². The van der Waals surface area contributed by atoms with Gasteiger partial charge in [0, 0.05) is 31.0 Å². The van der Waals surface area contributed by atoms with E-state index < -0.39 is 4.92 Å². The van der Waals surface area contributed by atoms with Gasteiger partial charge in [0.2, 0.25) is 0 Å². The van der Waals surface area contributed by atoms with Gasteiger partial charge in [0.1, 0.15) is 5.56 Å². The van der Waals surface area contributed by atoms with E-state index in [9.17, 15) is 14.9 Å². The first-order valence-electron chi connectivity index (χ1n) is 8.27. The SMILES string of the molecule is COc1cc(C(=O)N(Cc2cccn2C)C2CC2)c([N+](=O)[O-])cc1OC. The molecule has 1 fully saturated rings. The van der Waals surface area contributed by atoms with Crippen molar-refractivity contribution < 1.29 is 19.2 Å². The predicted molar refractivity (Wildman–Crippen MR) is 94.5 cm³/mol. The number of carbonyl (C=O) groups is 1. The summed E-state index contributed by atoms with van der Waals surface area (Å²) in [6, 6.07) is 6.57. The van der Waals surface area contributed by atoms with Crippen LogP contribution in [-0.2, 0) is 13.6 Å². The summed E-state index contributed by atoms with van der Waals surface area (Å²) in [5.74, 6) is 0.133. The van der Waals surface area contributed by atoms with Crippen LogP contribution in [0.2, 0.25) is 0 Å². The van der Waals surface area contributed by atoms with Gasteiger partial charge in [-0.25, -0.2) is 0 Å². The normalized spacial score (nSPS) is 13.3. The summed E-state index contributed by atoms with van der Waals surface area (Å²) in [7, 11) is 4.74. The van der Waals surface area contributed by atoms with Gasteiger partial charge in [-0.3, -0.25) is 14.9 Å². The summed E-state index contributed by atoms with van der Waals surface area (Å²) >= 11 is 0. The lowest BCUT2D eigenvalue weighted by Gasteiger charge is -2.23. The lowest BCUT2D eigenvalue weighted by atomic mass is 10.1. The maximum atomic E-state index is 13.2. The van der Waals surface area contributed by atoms with Crippen molar-refractivity contribution in [2.45, 2.75) is 25.4 Å². The molecule has 3 rings (SSSR count). The molecular weight excluding hydrogens is 338 g/mol. The van der Waals surface area contributed by atoms with E-state index in [-0.39, 0.29) is 34.7 Å². The minimum absolute atomic E-state index is 0.00811. The topological polar surface area (TPSA) is 86.8 Å². The van der Waals surface area contributed by atoms with Gasteiger partial charge < -0.3 is 18.9 Å². The largest absolute Gasteiger partial charge is 0.493 e. The van der Waals surface area contributed by atoms with Crippen LogP contribution in [0.1, 0.15) is 28.9 Å². The Morgan fingerprint density at radius 3 is 2.46 bits per heavy atom. The maximum absolute atomic E-state index is 13.2. The summed E-state index contributed by atoms with van der Waals surface area (Å²) in [6.07, 6.45) is 3.71. The van der Waals surface area contributed by atoms with Crippen molar-refractivity contribution in [3.8, 4) is 11.5 Å². The second-order valence-corrected chi connectivity index (χ2v) is 6.26. The third-order valence-corrected chi connectivity index (χ3v) is 4.56. The summed E-state index contributed by atoms with van der Waals surface area (Å²) in [4.78, 5) is 25.8. The average Bonchev–Trinajstić information content (AvgIpc) is 3.40. The second-order valence-electron chi connectivity index (χ2n) is 6.26. The van der Waals surface area contributed by atoms with Crippen LogP contribution in [0.5, 0.6) is 11.5 Å². The number of hydrogen-bond acceptors (Lipinski definition) is 5. The van der Waals surface area contributed by atoms with E-state index in [1.807, 2.05) is 29.9 Å². The van der Waals surface area contributed by atoms with Gasteiger partial charge in [-0.05, 0) is 25.0 Å². The molecule has 0 spiro atoms. The highest BCUT2D eigenvalue weighted by molar-refractivity contribution is 5.99. The Hall–Kier alpha value is -3.03. The number of rotatable bonds is 7. The Morgan fingerprint density at radius 1 is 1.31 bits per heavy atom. The highest BCUT2D eigenvalue weighted by atomic mass is 16.6. The summed E-state index contributed by atoms with van der Waals surface area (Å²) in [5.41, 5.74) is 0.687. The molecule has 0 aliphatic heterocycles. The standard InChI is InChI=1S/C18H21N3O5/c1-19-8-4-5-13(19)11-20(12-6-7-12)18(22)14-9-16(25-2)17(26-3)10-15(14)21(23)24/h4-5,8-10,12H,6-7,11H2,1-3H3. The number of amides is 1. The molecule has 0 N–H and O–H groups in total. The number of benzene rings is 1. The second kappa shape index (κ2) is 7.07. The lowest BCUT2D eigenvalue weighted by molar-refractivity contribution is -0.385. The van der Waals surface area contributed by atoms with Crippen molar-refractivity contribution in [3.63, 3.8) is 0 Å². The zero-order chi connectivity index (χ0) is 18.8. The van der Waals surface area contributed by atoms with Gasteiger partial charge in [-0.15, -0.1) is 0 Å². The van der Waals surface area contributed by atoms with Crippen molar-refractivity contribution in [1.29, 1.82) is 0 Å². The smallest absolute Gasteiger partial charge is 0.286 e. The highest BCUT2D eigenvalue weighted by Gasteiger charge is 2.36. The molecular formula is C18H21N3O5. The van der Waals surface area contributed by atoms with Crippen LogP contribution in [0.25, 0.3) is 0 Å². The fourth-order valence-corrected chi connectivity index (χ4v) is 2.93. The molecule has 1 aromatic carbocycles. The zero-order valence-electron chi connectivity index (χ0n) is 15.0. The Kier molecular flexibility index (Phi) is 4.83. The Labute approximate surface area is 151 Å². The van der Waals surface area contributed by atoms with Crippen LogP contribution in [0.4, 0.5) is 5.69 Å². The monoisotopic (exact) mass is 359 g/mol. The number of carbonyl (C=O) groups excluding carboxylic acids is 1. The zero-order valence-corrected chi connectivity index (χ0v) is 15.0. The third-order valence-electron chi connectivity index (χ3n) is 4.56. The number of ether oxygens (including phenoxy) is 2. The third kappa shape index (κ3) is 3.35. The fourth-order valence-electron chi connectivity index (χ4n) is 2.93. The Morgan fingerprint density at radius 2 is 1.96 bits per heavy atom. The highest BCUT2D eigenvalue weighted by Crippen LogP contribution is 2.37. The number of nitro benzene ring substituents is 1. The summed E-state index contributed by atoms with van der Waals surface area (Å²) < 4.78 is 12.3.